The lowest BCUT2D eigenvalue weighted by Gasteiger charge is -2.34. The Bertz CT molecular complexity index is 1770. The van der Waals surface area contributed by atoms with Gasteiger partial charge >= 0.3 is 5.69 Å². The second-order valence-corrected chi connectivity index (χ2v) is 9.83. The van der Waals surface area contributed by atoms with Gasteiger partial charge in [-0.1, -0.05) is 24.3 Å². The van der Waals surface area contributed by atoms with Crippen LogP contribution in [0.15, 0.2) is 92.9 Å². The van der Waals surface area contributed by atoms with E-state index in [1.165, 1.54) is 11.6 Å². The molecule has 0 saturated heterocycles. The van der Waals surface area contributed by atoms with Gasteiger partial charge in [0.2, 0.25) is 0 Å². The van der Waals surface area contributed by atoms with E-state index in [0.717, 1.165) is 32.1 Å². The Hall–Kier alpha value is -4.70. The predicted molar refractivity (Wildman–Crippen MR) is 149 cm³/mol. The average molecular weight is 525 g/mol. The van der Waals surface area contributed by atoms with E-state index in [9.17, 15) is 9.59 Å². The van der Waals surface area contributed by atoms with E-state index in [-0.39, 0.29) is 0 Å². The smallest absolute Gasteiger partial charge is 0.332 e. The Morgan fingerprint density at radius 3 is 2.34 bits per heavy atom. The molecule has 0 spiro atoms. The number of para-hydroxylation sites is 1. The van der Waals surface area contributed by atoms with Crippen molar-refractivity contribution in [2.24, 2.45) is 19.1 Å². The van der Waals surface area contributed by atoms with Gasteiger partial charge in [-0.15, -0.1) is 11.3 Å². The highest BCUT2D eigenvalue weighted by Crippen LogP contribution is 2.42. The second-order valence-electron chi connectivity index (χ2n) is 8.89. The van der Waals surface area contributed by atoms with E-state index in [1.807, 2.05) is 87.9 Å². The molecule has 9 nitrogen and oxygen atoms in total. The molecule has 6 rings (SSSR count). The Balaban J connectivity index is 1.65. The number of hydrogen-bond acceptors (Lipinski definition) is 7. The lowest BCUT2D eigenvalue weighted by atomic mass is 9.96. The molecule has 0 bridgehead atoms. The minimum atomic E-state index is -0.601. The monoisotopic (exact) mass is 524 g/mol. The Morgan fingerprint density at radius 1 is 0.895 bits per heavy atom. The van der Waals surface area contributed by atoms with Crippen molar-refractivity contribution in [1.82, 2.24) is 18.9 Å². The number of aromatic nitrogens is 4. The SMILES string of the molecule is COc1ccc(N2C=Nc3c(c(=O)n(C)c(=O)n3C)C2c2cn(-c3ccccc3)nc2-c2cccs2)cc1. The molecule has 4 heterocycles. The summed E-state index contributed by atoms with van der Waals surface area (Å²) in [7, 11) is 4.74. The highest BCUT2D eigenvalue weighted by atomic mass is 32.1. The fourth-order valence-corrected chi connectivity index (χ4v) is 5.49. The zero-order valence-corrected chi connectivity index (χ0v) is 21.8. The van der Waals surface area contributed by atoms with Crippen LogP contribution in [-0.4, -0.2) is 32.4 Å². The number of aliphatic imine (C=N–C) groups is 1. The molecule has 0 aliphatic carbocycles. The number of hydrogen-bond donors (Lipinski definition) is 0. The number of rotatable bonds is 5. The van der Waals surface area contributed by atoms with Crippen LogP contribution in [-0.2, 0) is 14.1 Å². The van der Waals surface area contributed by atoms with Crippen molar-refractivity contribution in [2.45, 2.75) is 6.04 Å². The number of fused-ring (bicyclic) bond motifs is 1. The van der Waals surface area contributed by atoms with Crippen LogP contribution in [0.3, 0.4) is 0 Å². The van der Waals surface area contributed by atoms with Crippen molar-refractivity contribution in [1.29, 1.82) is 0 Å². The first kappa shape index (κ1) is 23.7. The van der Waals surface area contributed by atoms with Crippen molar-refractivity contribution in [2.75, 3.05) is 12.0 Å². The van der Waals surface area contributed by atoms with Gasteiger partial charge in [-0.2, -0.15) is 5.10 Å². The molecular weight excluding hydrogens is 500 g/mol. The molecule has 2 aromatic carbocycles. The summed E-state index contributed by atoms with van der Waals surface area (Å²) in [6, 6.07) is 20.8. The molecule has 0 radical (unpaired) electrons. The summed E-state index contributed by atoms with van der Waals surface area (Å²) in [4.78, 5) is 34.0. The van der Waals surface area contributed by atoms with E-state index in [4.69, 9.17) is 9.84 Å². The van der Waals surface area contributed by atoms with E-state index in [1.54, 1.807) is 31.8 Å². The summed E-state index contributed by atoms with van der Waals surface area (Å²) in [5.74, 6) is 1.05. The highest BCUT2D eigenvalue weighted by Gasteiger charge is 2.36. The van der Waals surface area contributed by atoms with Crippen molar-refractivity contribution < 1.29 is 4.74 Å². The fraction of sp³-hybridized carbons (Fsp3) is 0.143. The fourth-order valence-electron chi connectivity index (χ4n) is 4.76. The maximum Gasteiger partial charge on any atom is 0.332 e. The molecule has 3 aromatic heterocycles. The van der Waals surface area contributed by atoms with Gasteiger partial charge in [0.25, 0.3) is 5.56 Å². The second kappa shape index (κ2) is 9.31. The molecule has 0 fully saturated rings. The molecule has 1 aliphatic rings. The minimum absolute atomic E-state index is 0.331. The average Bonchev–Trinajstić information content (AvgIpc) is 3.65. The summed E-state index contributed by atoms with van der Waals surface area (Å²) < 4.78 is 9.73. The molecule has 1 aliphatic heterocycles. The summed E-state index contributed by atoms with van der Waals surface area (Å²) in [6.07, 6.45) is 3.63. The molecule has 0 saturated carbocycles. The Morgan fingerprint density at radius 2 is 1.66 bits per heavy atom. The van der Waals surface area contributed by atoms with Crippen LogP contribution in [0, 0.1) is 0 Å². The van der Waals surface area contributed by atoms with Crippen molar-refractivity contribution in [3.05, 3.63) is 110 Å². The van der Waals surface area contributed by atoms with Gasteiger partial charge < -0.3 is 9.64 Å². The van der Waals surface area contributed by atoms with Crippen molar-refractivity contribution in [3.63, 3.8) is 0 Å². The number of ether oxygens (including phenoxy) is 1. The molecule has 1 atom stereocenters. The molecular formula is C28H24N6O3S. The third kappa shape index (κ3) is 3.77. The quantitative estimate of drug-likeness (QED) is 0.343. The van der Waals surface area contributed by atoms with Gasteiger partial charge in [0, 0.05) is 31.5 Å². The van der Waals surface area contributed by atoms with Crippen LogP contribution in [0.25, 0.3) is 16.3 Å². The Labute approximate surface area is 222 Å². The third-order valence-corrected chi connectivity index (χ3v) is 7.58. The van der Waals surface area contributed by atoms with E-state index in [2.05, 4.69) is 4.99 Å². The first-order chi connectivity index (χ1) is 18.5. The number of thiophene rings is 1. The molecule has 0 amide bonds. The van der Waals surface area contributed by atoms with E-state index < -0.39 is 17.3 Å². The molecule has 1 unspecified atom stereocenters. The van der Waals surface area contributed by atoms with Gasteiger partial charge in [-0.25, -0.2) is 14.5 Å². The molecule has 0 N–H and O–H groups in total. The molecule has 190 valence electrons. The third-order valence-electron chi connectivity index (χ3n) is 6.71. The first-order valence-corrected chi connectivity index (χ1v) is 12.8. The number of methoxy groups -OCH3 is 1. The van der Waals surface area contributed by atoms with Crippen LogP contribution in [0.1, 0.15) is 17.2 Å². The van der Waals surface area contributed by atoms with Crippen LogP contribution in [0.4, 0.5) is 11.5 Å². The maximum atomic E-state index is 13.7. The number of nitrogens with zero attached hydrogens (tertiary/aromatic N) is 6. The largest absolute Gasteiger partial charge is 0.497 e. The van der Waals surface area contributed by atoms with Crippen LogP contribution in [0.5, 0.6) is 5.75 Å². The van der Waals surface area contributed by atoms with Gasteiger partial charge in [0.05, 0.1) is 35.6 Å². The summed E-state index contributed by atoms with van der Waals surface area (Å²) in [5.41, 5.74) is 2.85. The van der Waals surface area contributed by atoms with Gasteiger partial charge in [0.1, 0.15) is 17.3 Å². The zero-order chi connectivity index (χ0) is 26.4. The van der Waals surface area contributed by atoms with Crippen molar-refractivity contribution in [3.8, 4) is 22.0 Å². The van der Waals surface area contributed by atoms with Crippen molar-refractivity contribution >= 4 is 29.2 Å². The molecule has 5 aromatic rings. The molecule has 38 heavy (non-hydrogen) atoms. The normalized spacial score (nSPS) is 14.5. The predicted octanol–water partition coefficient (Wildman–Crippen LogP) is 4.28. The first-order valence-electron chi connectivity index (χ1n) is 11.9. The molecule has 10 heteroatoms. The zero-order valence-electron chi connectivity index (χ0n) is 21.0. The summed E-state index contributed by atoms with van der Waals surface area (Å²) >= 11 is 1.58. The lowest BCUT2D eigenvalue weighted by Crippen LogP contribution is -2.44. The van der Waals surface area contributed by atoms with Gasteiger partial charge in [-0.3, -0.25) is 13.9 Å². The van der Waals surface area contributed by atoms with Gasteiger partial charge in [-0.05, 0) is 47.8 Å². The maximum absolute atomic E-state index is 13.7. The van der Waals surface area contributed by atoms with Crippen LogP contribution < -0.4 is 20.9 Å². The van der Waals surface area contributed by atoms with Crippen LogP contribution in [0.2, 0.25) is 0 Å². The van der Waals surface area contributed by atoms with E-state index >= 15 is 0 Å². The topological polar surface area (TPSA) is 86.6 Å². The standard InChI is InChI=1S/C28H24N6O3S/c1-31-26-23(27(35)32(2)28(31)36)25(33(17-29-26)18-11-13-20(37-3)14-12-18)21-16-34(19-8-5-4-6-9-19)30-24(21)22-10-7-15-38-22/h4-17,25H,1-3H3. The van der Waals surface area contributed by atoms with E-state index in [0.29, 0.717) is 17.1 Å². The highest BCUT2D eigenvalue weighted by molar-refractivity contribution is 7.13. The minimum Gasteiger partial charge on any atom is -0.497 e. The lowest BCUT2D eigenvalue weighted by molar-refractivity contribution is 0.415. The van der Waals surface area contributed by atoms with Crippen LogP contribution >= 0.6 is 11.3 Å². The summed E-state index contributed by atoms with van der Waals surface area (Å²) in [5, 5.41) is 6.98. The number of anilines is 1. The number of benzene rings is 2. The summed E-state index contributed by atoms with van der Waals surface area (Å²) in [6.45, 7) is 0. The Kier molecular flexibility index (Phi) is 5.80. The van der Waals surface area contributed by atoms with Gasteiger partial charge in [0.15, 0.2) is 0 Å².